The molecule has 0 spiro atoms. The maximum absolute atomic E-state index is 11.7. The molecule has 0 bridgehead atoms. The van der Waals surface area contributed by atoms with E-state index in [9.17, 15) is 13.0 Å². The highest BCUT2D eigenvalue weighted by molar-refractivity contribution is 7.86. The average Bonchev–Trinajstić information content (AvgIpc) is 3.32. The van der Waals surface area contributed by atoms with Crippen LogP contribution < -0.4 is 14.4 Å². The van der Waals surface area contributed by atoms with Crippen molar-refractivity contribution in [3.05, 3.63) is 68.2 Å². The van der Waals surface area contributed by atoms with Crippen LogP contribution in [0.1, 0.15) is 39.9 Å². The lowest BCUT2D eigenvalue weighted by Crippen LogP contribution is -2.38. The van der Waals surface area contributed by atoms with E-state index in [0.29, 0.717) is 33.2 Å². The Labute approximate surface area is 249 Å². The minimum atomic E-state index is -4.16. The molecule has 4 rings (SSSR count). The van der Waals surface area contributed by atoms with Crippen LogP contribution in [0.3, 0.4) is 0 Å². The molecule has 0 fully saturated rings. The molecule has 1 aliphatic rings. The lowest BCUT2D eigenvalue weighted by Gasteiger charge is -2.23. The van der Waals surface area contributed by atoms with Crippen LogP contribution in [0.15, 0.2) is 42.2 Å². The van der Waals surface area contributed by atoms with Gasteiger partial charge >= 0.3 is 0 Å². The zero-order valence-corrected chi connectivity index (χ0v) is 26.0. The molecule has 210 valence electrons. The molecule has 0 amide bonds. The van der Waals surface area contributed by atoms with Gasteiger partial charge in [0.05, 0.1) is 49.8 Å². The highest BCUT2D eigenvalue weighted by Gasteiger charge is 2.30. The maximum atomic E-state index is 11.7. The number of hydrogen-bond acceptors (Lipinski definition) is 4. The average molecular weight is 633 g/mol. The van der Waals surface area contributed by atoms with Crippen LogP contribution in [0.4, 0.5) is 11.4 Å². The Morgan fingerprint density at radius 2 is 1.44 bits per heavy atom. The molecular weight excluding hydrogens is 602 g/mol. The lowest BCUT2D eigenvalue weighted by molar-refractivity contribution is -0.674. The smallest absolute Gasteiger partial charge is 0.282 e. The Bertz CT molecular complexity index is 1540. The first kappa shape index (κ1) is 30.0. The molecule has 0 saturated heterocycles. The monoisotopic (exact) mass is 631 g/mol. The number of nitrogens with zero attached hydrogens (tertiary/aromatic N) is 4. The van der Waals surface area contributed by atoms with Gasteiger partial charge in [-0.05, 0) is 45.9 Å². The number of rotatable bonds is 9. The second kappa shape index (κ2) is 11.9. The summed E-state index contributed by atoms with van der Waals surface area (Å²) in [4.78, 5) is 4.37. The van der Waals surface area contributed by atoms with E-state index in [1.807, 2.05) is 47.9 Å². The number of allylic oxidation sites excluding steroid dienone is 2. The van der Waals surface area contributed by atoms with Crippen molar-refractivity contribution in [2.45, 2.75) is 52.5 Å². The number of aryl methyl sites for hydroxylation is 2. The number of imidazole rings is 1. The summed E-state index contributed by atoms with van der Waals surface area (Å²) in [7, 11) is -4.16. The van der Waals surface area contributed by atoms with Crippen molar-refractivity contribution in [1.82, 2.24) is 4.57 Å². The minimum Gasteiger partial charge on any atom is -0.326 e. The molecule has 2 aromatic carbocycles. The predicted molar refractivity (Wildman–Crippen MR) is 163 cm³/mol. The molecule has 1 atom stereocenters. The van der Waals surface area contributed by atoms with Crippen LogP contribution >= 0.6 is 46.4 Å². The molecule has 1 aromatic heterocycles. The van der Waals surface area contributed by atoms with Crippen LogP contribution in [-0.2, 0) is 23.2 Å². The first-order chi connectivity index (χ1) is 18.4. The normalized spacial score (nSPS) is 14.6. The van der Waals surface area contributed by atoms with Crippen molar-refractivity contribution in [2.75, 3.05) is 22.9 Å². The summed E-state index contributed by atoms with van der Waals surface area (Å²) < 4.78 is 37.0. The molecule has 0 aliphatic carbocycles. The van der Waals surface area contributed by atoms with E-state index in [1.165, 1.54) is 6.92 Å². The molecule has 0 saturated carbocycles. The Morgan fingerprint density at radius 3 is 1.95 bits per heavy atom. The van der Waals surface area contributed by atoms with Gasteiger partial charge in [-0.2, -0.15) is 8.42 Å². The Morgan fingerprint density at radius 1 is 0.897 bits per heavy atom. The van der Waals surface area contributed by atoms with E-state index in [2.05, 4.69) is 28.2 Å². The maximum Gasteiger partial charge on any atom is 0.282 e. The Kier molecular flexibility index (Phi) is 9.15. The van der Waals surface area contributed by atoms with Gasteiger partial charge in [0.1, 0.15) is 5.82 Å². The van der Waals surface area contributed by atoms with E-state index in [1.54, 1.807) is 6.07 Å². The number of fused-ring (bicyclic) bond motifs is 2. The molecule has 1 aliphatic heterocycles. The summed E-state index contributed by atoms with van der Waals surface area (Å²) in [5.41, 5.74) is 3.69. The number of hydrogen-bond donors (Lipinski definition) is 1. The van der Waals surface area contributed by atoms with E-state index < -0.39 is 15.4 Å². The van der Waals surface area contributed by atoms with Crippen LogP contribution in [0.2, 0.25) is 20.1 Å². The second-order valence-electron chi connectivity index (χ2n) is 9.25. The van der Waals surface area contributed by atoms with E-state index in [-0.39, 0.29) is 6.42 Å². The molecule has 3 aromatic rings. The second-order valence-corrected chi connectivity index (χ2v) is 12.7. The minimum absolute atomic E-state index is 0.221. The molecule has 1 N–H and O–H groups in total. The van der Waals surface area contributed by atoms with Gasteiger partial charge in [0, 0.05) is 37.7 Å². The van der Waals surface area contributed by atoms with Crippen LogP contribution in [0.25, 0.3) is 17.1 Å². The summed E-state index contributed by atoms with van der Waals surface area (Å²) in [6.45, 7) is 10.2. The lowest BCUT2D eigenvalue weighted by atomic mass is 10.2. The van der Waals surface area contributed by atoms with Crippen LogP contribution in [0.5, 0.6) is 0 Å². The quantitative estimate of drug-likeness (QED) is 0.196. The van der Waals surface area contributed by atoms with E-state index >= 15 is 0 Å². The van der Waals surface area contributed by atoms with Gasteiger partial charge in [-0.15, -0.1) is 0 Å². The van der Waals surface area contributed by atoms with Crippen LogP contribution in [0, 0.1) is 0 Å². The number of halogens is 4. The van der Waals surface area contributed by atoms with Crippen molar-refractivity contribution in [3.63, 3.8) is 0 Å². The summed E-state index contributed by atoms with van der Waals surface area (Å²) in [5, 5.41) is 0.937. The number of aromatic nitrogens is 2. The fourth-order valence-corrected chi connectivity index (χ4v) is 6.01. The summed E-state index contributed by atoms with van der Waals surface area (Å²) >= 11 is 25.4. The zero-order chi connectivity index (χ0) is 28.6. The highest BCUT2D eigenvalue weighted by Crippen LogP contribution is 2.45. The van der Waals surface area contributed by atoms with Gasteiger partial charge < -0.3 is 9.80 Å². The first-order valence-electron chi connectivity index (χ1n) is 12.7. The van der Waals surface area contributed by atoms with Crippen molar-refractivity contribution in [3.8, 4) is 0 Å². The number of benzene rings is 2. The Balaban J connectivity index is 1.81. The topological polar surface area (TPSA) is 69.7 Å². The summed E-state index contributed by atoms with van der Waals surface area (Å²) in [6.07, 6.45) is 6.22. The SMILES string of the molecule is CCN1C(=CC=Cc2n(CC)c3cc(Cl)c(Cl)cc3[n+]2CCC(C)S(=O)(=O)O)N(CC)c2cc(Cl)c(Cl)cc21. The molecule has 12 heteroatoms. The van der Waals surface area contributed by atoms with Gasteiger partial charge in [-0.1, -0.05) is 52.5 Å². The largest absolute Gasteiger partial charge is 0.326 e. The van der Waals surface area contributed by atoms with E-state index in [4.69, 9.17) is 46.4 Å². The van der Waals surface area contributed by atoms with E-state index in [0.717, 1.165) is 47.1 Å². The van der Waals surface area contributed by atoms with Crippen molar-refractivity contribution in [2.24, 2.45) is 0 Å². The molecule has 7 nitrogen and oxygen atoms in total. The summed E-state index contributed by atoms with van der Waals surface area (Å²) in [5.74, 6) is 1.83. The van der Waals surface area contributed by atoms with Crippen LogP contribution in [-0.4, -0.2) is 35.9 Å². The third kappa shape index (κ3) is 5.78. The molecule has 1 unspecified atom stereocenters. The van der Waals surface area contributed by atoms with Gasteiger partial charge in [0.25, 0.3) is 15.9 Å². The fraction of sp³-hybridized carbons (Fsp3) is 0.370. The molecule has 2 heterocycles. The predicted octanol–water partition coefficient (Wildman–Crippen LogP) is 7.45. The first-order valence-corrected chi connectivity index (χ1v) is 15.7. The zero-order valence-electron chi connectivity index (χ0n) is 22.1. The van der Waals surface area contributed by atoms with Gasteiger partial charge in [-0.25, -0.2) is 9.13 Å². The van der Waals surface area contributed by atoms with Gasteiger partial charge in [0.15, 0.2) is 11.0 Å². The molecule has 39 heavy (non-hydrogen) atoms. The molecule has 0 radical (unpaired) electrons. The summed E-state index contributed by atoms with van der Waals surface area (Å²) in [6, 6.07) is 7.39. The third-order valence-corrected chi connectivity index (χ3v) is 9.71. The van der Waals surface area contributed by atoms with Gasteiger partial charge in [0.2, 0.25) is 0 Å². The standard InChI is InChI=1S/C27H30Cl4N4O3S/c1-5-32-22-13-18(28)19(29)14-23(22)33(6-2)26(32)9-8-10-27-34(7-3)24-15-20(30)21(31)16-25(24)35(27)12-11-17(4)39(36,37)38/h8-10,13-17H,5-7,11-12H2,1-4H3/p+1. The fourth-order valence-electron chi connectivity index (χ4n) is 4.97. The van der Waals surface area contributed by atoms with Gasteiger partial charge in [-0.3, -0.25) is 4.55 Å². The number of anilines is 2. The third-order valence-electron chi connectivity index (χ3n) is 7.01. The van der Waals surface area contributed by atoms with Crippen molar-refractivity contribution in [1.29, 1.82) is 0 Å². The Hall–Kier alpha value is -1.94. The molecular formula is C27H31Cl4N4O3S+. The van der Waals surface area contributed by atoms with Crippen molar-refractivity contribution >= 4 is 85.0 Å². The highest BCUT2D eigenvalue weighted by atomic mass is 35.5. The van der Waals surface area contributed by atoms with Crippen molar-refractivity contribution < 1.29 is 17.5 Å².